The van der Waals surface area contributed by atoms with Crippen molar-refractivity contribution in [1.82, 2.24) is 0 Å². The van der Waals surface area contributed by atoms with Crippen molar-refractivity contribution in [2.45, 2.75) is 0 Å². The molecule has 0 saturated heterocycles. The van der Waals surface area contributed by atoms with Gasteiger partial charge in [-0.15, -0.1) is 0 Å². The van der Waals surface area contributed by atoms with E-state index in [1.807, 2.05) is 0 Å². The van der Waals surface area contributed by atoms with Crippen LogP contribution in [0.2, 0.25) is 0 Å². The first-order valence-corrected chi connectivity index (χ1v) is 8.27. The Hall–Kier alpha value is -2.06. The first kappa shape index (κ1) is 24.2. The molecule has 1 aliphatic rings. The molecule has 0 saturated carbocycles. The Morgan fingerprint density at radius 2 is 1.07 bits per heavy atom. The van der Waals surface area contributed by atoms with Crippen LogP contribution in [0.15, 0.2) is 60.7 Å². The second-order valence-electron chi connectivity index (χ2n) is 6.34. The van der Waals surface area contributed by atoms with Gasteiger partial charge in [-0.25, -0.2) is 0 Å². The topological polar surface area (TPSA) is 114 Å². The van der Waals surface area contributed by atoms with Crippen LogP contribution in [0, 0.1) is 0 Å². The molecule has 0 atom stereocenters. The number of carbonyl (C=O) groups is 4. The minimum Gasteiger partial charge on any atom is -0.545 e. The van der Waals surface area contributed by atoms with E-state index in [1.165, 1.54) is 18.2 Å². The fraction of sp³-hybridized carbons (Fsp3) is 0. The number of carboxylic acid groups (broad SMARTS) is 2. The summed E-state index contributed by atoms with van der Waals surface area (Å²) >= 11 is 0. The van der Waals surface area contributed by atoms with Crippen LogP contribution in [0.1, 0.15) is 41.4 Å². The molecule has 0 aliphatic heterocycles. The maximum Gasteiger partial charge on any atom is 1.00 e. The maximum atomic E-state index is 12.6. The normalized spacial score (nSPS) is 11.5. The molecular weight excluding hydrogens is 406 g/mol. The predicted molar refractivity (Wildman–Crippen MR) is 94.6 cm³/mol. The van der Waals surface area contributed by atoms with Crippen molar-refractivity contribution in [3.8, 4) is 22.3 Å². The van der Waals surface area contributed by atoms with Crippen LogP contribution in [-0.2, 0) is 0 Å². The number of ketones is 2. The van der Waals surface area contributed by atoms with Crippen molar-refractivity contribution in [2.75, 3.05) is 0 Å². The van der Waals surface area contributed by atoms with Gasteiger partial charge in [-0.3, -0.25) is 9.59 Å². The molecule has 1 aliphatic carbocycles. The monoisotopic (exact) mass is 416 g/mol. The molecule has 136 valence electrons. The number of fused-ring (bicyclic) bond motifs is 3. The summed E-state index contributed by atoms with van der Waals surface area (Å²) in [4.78, 5) is 47.4. The third-order valence-corrected chi connectivity index (χ3v) is 4.67. The van der Waals surface area contributed by atoms with Crippen LogP contribution in [-0.4, -0.2) is 23.5 Å². The zero-order chi connectivity index (χ0) is 20.0. The van der Waals surface area contributed by atoms with E-state index in [1.54, 1.807) is 36.4 Å². The van der Waals surface area contributed by atoms with Crippen LogP contribution in [0.3, 0.4) is 0 Å². The van der Waals surface area contributed by atoms with Gasteiger partial charge < -0.3 is 19.8 Å². The van der Waals surface area contributed by atoms with Gasteiger partial charge in [-0.1, -0.05) is 36.4 Å². The summed E-state index contributed by atoms with van der Waals surface area (Å²) in [6.07, 6.45) is 0. The summed E-state index contributed by atoms with van der Waals surface area (Å²) in [6, 6.07) is 14.9. The zero-order valence-electron chi connectivity index (χ0n) is 16.2. The van der Waals surface area contributed by atoms with Gasteiger partial charge in [0.15, 0.2) is 0 Å². The number of Topliss-reactive ketones (excluding diaryl/α,β-unsaturated/α-hetero) is 2. The Morgan fingerprint density at radius 3 is 1.63 bits per heavy atom. The second-order valence-corrected chi connectivity index (χ2v) is 6.34. The summed E-state index contributed by atoms with van der Waals surface area (Å²) in [5.74, 6) is -4.38. The minimum absolute atomic E-state index is 0. The molecule has 8 heteroatoms. The molecule has 0 N–H and O–H groups in total. The largest absolute Gasteiger partial charge is 1.00 e. The van der Waals surface area contributed by atoms with Gasteiger partial charge in [0.25, 0.3) is 0 Å². The van der Waals surface area contributed by atoms with Crippen LogP contribution in [0.5, 0.6) is 0 Å². The van der Waals surface area contributed by atoms with Crippen LogP contribution >= 0.6 is 0 Å². The molecule has 6 nitrogen and oxygen atoms in total. The predicted octanol–water partition coefficient (Wildman–Crippen LogP) is -4.87. The Balaban J connectivity index is 0.00000160. The van der Waals surface area contributed by atoms with E-state index in [-0.39, 0.29) is 81.4 Å². The molecule has 0 radical (unpaired) electrons. The number of hydrogen-bond acceptors (Lipinski definition) is 6. The van der Waals surface area contributed by atoms with Gasteiger partial charge in [0, 0.05) is 11.1 Å². The van der Waals surface area contributed by atoms with Gasteiger partial charge >= 0.3 is 59.1 Å². The molecule has 0 heterocycles. The van der Waals surface area contributed by atoms with Crippen molar-refractivity contribution in [2.24, 2.45) is 0 Å². The summed E-state index contributed by atoms with van der Waals surface area (Å²) in [5.41, 5.74) is 1.70. The molecule has 0 aromatic heterocycles. The van der Waals surface area contributed by atoms with Crippen LogP contribution < -0.4 is 69.3 Å². The Morgan fingerprint density at radius 1 is 0.567 bits per heavy atom. The van der Waals surface area contributed by atoms with E-state index in [9.17, 15) is 29.4 Å². The van der Waals surface area contributed by atoms with Crippen molar-refractivity contribution in [3.63, 3.8) is 0 Å². The minimum atomic E-state index is -1.54. The molecule has 0 unspecified atom stereocenters. The third kappa shape index (κ3) is 4.21. The molecular formula is C22H10Na2O6. The van der Waals surface area contributed by atoms with Gasteiger partial charge in [-0.2, -0.15) is 0 Å². The number of carbonyl (C=O) groups excluding carboxylic acids is 4. The Kier molecular flexibility index (Phi) is 7.58. The summed E-state index contributed by atoms with van der Waals surface area (Å²) in [5, 5.41) is 22.4. The van der Waals surface area contributed by atoms with Gasteiger partial charge in [0.05, 0.1) is 11.9 Å². The van der Waals surface area contributed by atoms with Crippen molar-refractivity contribution < 1.29 is 88.5 Å². The van der Waals surface area contributed by atoms with E-state index in [0.29, 0.717) is 22.3 Å². The Bertz CT molecular complexity index is 1180. The molecule has 3 aromatic rings. The second kappa shape index (κ2) is 9.39. The van der Waals surface area contributed by atoms with Crippen molar-refractivity contribution in [3.05, 3.63) is 82.9 Å². The van der Waals surface area contributed by atoms with Crippen LogP contribution in [0.25, 0.3) is 22.3 Å². The average molecular weight is 416 g/mol. The van der Waals surface area contributed by atoms with Gasteiger partial charge in [0.1, 0.15) is 0 Å². The standard InChI is InChI=1S/C22H12O6.2Na/c23-19-17-4-2-1-3-15(17)16-6-5-11(10-18(16)20(19)24)12-7-13(21(25)26)9-14(8-12)22(27)28;;/h1-10H,(H,25,26)(H,27,28);;/q;2*+1/p-2. The van der Waals surface area contributed by atoms with E-state index >= 15 is 0 Å². The molecule has 0 amide bonds. The molecule has 0 bridgehead atoms. The summed E-state index contributed by atoms with van der Waals surface area (Å²) in [6.45, 7) is 0. The number of hydrogen-bond donors (Lipinski definition) is 0. The quantitative estimate of drug-likeness (QED) is 0.313. The number of carboxylic acids is 2. The number of rotatable bonds is 3. The number of benzene rings is 3. The summed E-state index contributed by atoms with van der Waals surface area (Å²) in [7, 11) is 0. The molecule has 3 aromatic carbocycles. The van der Waals surface area contributed by atoms with E-state index in [4.69, 9.17) is 0 Å². The third-order valence-electron chi connectivity index (χ3n) is 4.67. The summed E-state index contributed by atoms with van der Waals surface area (Å²) < 4.78 is 0. The molecule has 0 fully saturated rings. The maximum absolute atomic E-state index is 12.6. The van der Waals surface area contributed by atoms with E-state index in [2.05, 4.69) is 0 Å². The zero-order valence-corrected chi connectivity index (χ0v) is 20.2. The molecule has 0 spiro atoms. The van der Waals surface area contributed by atoms with E-state index in [0.717, 1.165) is 6.07 Å². The SMILES string of the molecule is O=C([O-])c1cc(C(=O)[O-])cc(-c2ccc3c(c2)C(=O)C(=O)c2ccccc2-3)c1.[Na+].[Na+]. The fourth-order valence-electron chi connectivity index (χ4n) is 3.34. The van der Waals surface area contributed by atoms with Crippen molar-refractivity contribution in [1.29, 1.82) is 0 Å². The average Bonchev–Trinajstić information content (AvgIpc) is 2.71. The number of aromatic carboxylic acids is 2. The van der Waals surface area contributed by atoms with Gasteiger partial charge in [0.2, 0.25) is 11.6 Å². The Labute approximate surface area is 215 Å². The van der Waals surface area contributed by atoms with Crippen molar-refractivity contribution >= 4 is 23.5 Å². The fourth-order valence-corrected chi connectivity index (χ4v) is 3.34. The molecule has 30 heavy (non-hydrogen) atoms. The van der Waals surface area contributed by atoms with Crippen LogP contribution in [0.4, 0.5) is 0 Å². The first-order valence-electron chi connectivity index (χ1n) is 8.27. The first-order chi connectivity index (χ1) is 13.4. The molecule has 4 rings (SSSR count). The van der Waals surface area contributed by atoms with Gasteiger partial charge in [-0.05, 0) is 57.6 Å². The van der Waals surface area contributed by atoms with E-state index < -0.39 is 23.5 Å². The smallest absolute Gasteiger partial charge is 0.545 e.